The molecule has 2 rings (SSSR count). The van der Waals surface area contributed by atoms with E-state index in [0.717, 1.165) is 5.56 Å². The van der Waals surface area contributed by atoms with Crippen molar-refractivity contribution in [2.75, 3.05) is 0 Å². The molecule has 0 atom stereocenters. The Balaban J connectivity index is 2.02. The largest absolute Gasteiger partial charge is 0.508 e. The van der Waals surface area contributed by atoms with Gasteiger partial charge in [-0.2, -0.15) is 5.10 Å². The van der Waals surface area contributed by atoms with Crippen LogP contribution in [0.2, 0.25) is 5.02 Å². The minimum atomic E-state index is -0.000423. The average molecular weight is 291 g/mol. The summed E-state index contributed by atoms with van der Waals surface area (Å²) in [5.74, 6) is 0.0210. The van der Waals surface area contributed by atoms with E-state index in [2.05, 4.69) is 10.5 Å². The highest BCUT2D eigenvalue weighted by atomic mass is 35.5. The highest BCUT2D eigenvalue weighted by Gasteiger charge is 2.05. The molecule has 0 aliphatic heterocycles. The molecular weight excluding hydrogens is 276 g/mol. The molecule has 0 aromatic heterocycles. The number of phenols is 2. The number of rotatable bonds is 4. The summed E-state index contributed by atoms with van der Waals surface area (Å²) >= 11 is 5.81. The summed E-state index contributed by atoms with van der Waals surface area (Å²) in [4.78, 5) is 0. The summed E-state index contributed by atoms with van der Waals surface area (Å²) < 4.78 is 0. The summed E-state index contributed by atoms with van der Waals surface area (Å²) in [6.07, 6.45) is 0. The monoisotopic (exact) mass is 290 g/mol. The lowest BCUT2D eigenvalue weighted by Gasteiger charge is -2.06. The van der Waals surface area contributed by atoms with Gasteiger partial charge in [0.1, 0.15) is 11.5 Å². The molecule has 0 radical (unpaired) electrons. The van der Waals surface area contributed by atoms with Gasteiger partial charge in [-0.15, -0.1) is 0 Å². The molecule has 2 aromatic rings. The standard InChI is InChI=1S/C15H15ClN2O2/c1-10(14-7-6-13(19)8-15(14)20)18-17-9-11-2-4-12(16)5-3-11/h2-8,17,19-20H,9H2,1H3/b18-10-. The van der Waals surface area contributed by atoms with Gasteiger partial charge in [-0.25, -0.2) is 0 Å². The van der Waals surface area contributed by atoms with Crippen LogP contribution in [0.4, 0.5) is 0 Å². The van der Waals surface area contributed by atoms with Crippen molar-refractivity contribution >= 4 is 17.3 Å². The fourth-order valence-corrected chi connectivity index (χ4v) is 1.86. The number of hydrogen-bond acceptors (Lipinski definition) is 4. The number of nitrogens with one attached hydrogen (secondary N) is 1. The summed E-state index contributed by atoms with van der Waals surface area (Å²) in [7, 11) is 0. The van der Waals surface area contributed by atoms with E-state index in [-0.39, 0.29) is 11.5 Å². The van der Waals surface area contributed by atoms with E-state index in [4.69, 9.17) is 11.6 Å². The molecule has 0 saturated carbocycles. The number of benzene rings is 2. The number of aromatic hydroxyl groups is 2. The van der Waals surface area contributed by atoms with Crippen LogP contribution in [0.15, 0.2) is 47.6 Å². The van der Waals surface area contributed by atoms with Crippen molar-refractivity contribution in [1.82, 2.24) is 5.43 Å². The molecule has 2 aromatic carbocycles. The lowest BCUT2D eigenvalue weighted by atomic mass is 10.1. The zero-order valence-corrected chi connectivity index (χ0v) is 11.7. The topological polar surface area (TPSA) is 64.9 Å². The summed E-state index contributed by atoms with van der Waals surface area (Å²) in [6, 6.07) is 11.9. The van der Waals surface area contributed by atoms with E-state index in [1.54, 1.807) is 13.0 Å². The molecular formula is C15H15ClN2O2. The number of hydrazone groups is 1. The van der Waals surface area contributed by atoms with E-state index in [1.165, 1.54) is 12.1 Å². The molecule has 104 valence electrons. The van der Waals surface area contributed by atoms with E-state index in [0.29, 0.717) is 22.8 Å². The summed E-state index contributed by atoms with van der Waals surface area (Å²) in [5.41, 5.74) is 5.20. The van der Waals surface area contributed by atoms with Gasteiger partial charge in [0.25, 0.3) is 0 Å². The minimum absolute atomic E-state index is 0.000423. The molecule has 20 heavy (non-hydrogen) atoms. The van der Waals surface area contributed by atoms with Crippen LogP contribution >= 0.6 is 11.6 Å². The smallest absolute Gasteiger partial charge is 0.128 e. The third-order valence-electron chi connectivity index (χ3n) is 2.81. The lowest BCUT2D eigenvalue weighted by Crippen LogP contribution is -2.09. The zero-order chi connectivity index (χ0) is 14.5. The Kier molecular flexibility index (Phi) is 4.48. The van der Waals surface area contributed by atoms with E-state index < -0.39 is 0 Å². The predicted octanol–water partition coefficient (Wildman–Crippen LogP) is 3.27. The molecule has 0 fully saturated rings. The van der Waals surface area contributed by atoms with Gasteiger partial charge in [0, 0.05) is 16.7 Å². The fourth-order valence-electron chi connectivity index (χ4n) is 1.74. The van der Waals surface area contributed by atoms with E-state index >= 15 is 0 Å². The average Bonchev–Trinajstić information content (AvgIpc) is 2.41. The maximum Gasteiger partial charge on any atom is 0.128 e. The van der Waals surface area contributed by atoms with E-state index in [9.17, 15) is 10.2 Å². The number of hydrogen-bond donors (Lipinski definition) is 3. The van der Waals surface area contributed by atoms with Crippen molar-refractivity contribution in [2.24, 2.45) is 5.10 Å². The highest BCUT2D eigenvalue weighted by Crippen LogP contribution is 2.22. The highest BCUT2D eigenvalue weighted by molar-refractivity contribution is 6.30. The maximum absolute atomic E-state index is 9.73. The second kappa shape index (κ2) is 6.30. The molecule has 0 unspecified atom stereocenters. The third-order valence-corrected chi connectivity index (χ3v) is 3.07. The molecule has 0 amide bonds. The van der Waals surface area contributed by atoms with Gasteiger partial charge < -0.3 is 15.6 Å². The molecule has 0 spiro atoms. The van der Waals surface area contributed by atoms with Crippen LogP contribution in [-0.4, -0.2) is 15.9 Å². The van der Waals surface area contributed by atoms with Gasteiger partial charge in [-0.05, 0) is 36.8 Å². The Labute approximate surface area is 122 Å². The van der Waals surface area contributed by atoms with Gasteiger partial charge in [0.05, 0.1) is 12.3 Å². The van der Waals surface area contributed by atoms with Gasteiger partial charge in [0.15, 0.2) is 0 Å². The Morgan fingerprint density at radius 1 is 1.15 bits per heavy atom. The van der Waals surface area contributed by atoms with Crippen LogP contribution in [0.3, 0.4) is 0 Å². The molecule has 0 aliphatic rings. The first-order valence-electron chi connectivity index (χ1n) is 6.10. The molecule has 5 heteroatoms. The molecule has 0 bridgehead atoms. The van der Waals surface area contributed by atoms with Crippen LogP contribution < -0.4 is 5.43 Å². The van der Waals surface area contributed by atoms with Crippen molar-refractivity contribution in [3.05, 3.63) is 58.6 Å². The molecule has 4 nitrogen and oxygen atoms in total. The van der Waals surface area contributed by atoms with Crippen molar-refractivity contribution in [3.63, 3.8) is 0 Å². The van der Waals surface area contributed by atoms with Crippen molar-refractivity contribution in [3.8, 4) is 11.5 Å². The first kappa shape index (κ1) is 14.2. The van der Waals surface area contributed by atoms with Crippen LogP contribution in [-0.2, 0) is 6.54 Å². The Morgan fingerprint density at radius 3 is 2.50 bits per heavy atom. The van der Waals surface area contributed by atoms with Crippen LogP contribution in [0.25, 0.3) is 0 Å². The summed E-state index contributed by atoms with van der Waals surface area (Å²) in [6.45, 7) is 2.34. The van der Waals surface area contributed by atoms with Gasteiger partial charge in [-0.1, -0.05) is 23.7 Å². The molecule has 3 N–H and O–H groups in total. The second-order valence-electron chi connectivity index (χ2n) is 4.36. The summed E-state index contributed by atoms with van der Waals surface area (Å²) in [5, 5.41) is 23.9. The normalized spacial score (nSPS) is 11.4. The second-order valence-corrected chi connectivity index (χ2v) is 4.80. The van der Waals surface area contributed by atoms with Crippen molar-refractivity contribution < 1.29 is 10.2 Å². The molecule has 0 saturated heterocycles. The first-order valence-corrected chi connectivity index (χ1v) is 6.48. The van der Waals surface area contributed by atoms with Gasteiger partial charge >= 0.3 is 0 Å². The predicted molar refractivity (Wildman–Crippen MR) is 80.3 cm³/mol. The zero-order valence-electron chi connectivity index (χ0n) is 11.0. The number of halogens is 1. The van der Waals surface area contributed by atoms with E-state index in [1.807, 2.05) is 24.3 Å². The molecule has 0 heterocycles. The van der Waals surface area contributed by atoms with Crippen LogP contribution in [0.5, 0.6) is 11.5 Å². The Morgan fingerprint density at radius 2 is 1.85 bits per heavy atom. The maximum atomic E-state index is 9.73. The SMILES string of the molecule is C/C(=N/NCc1ccc(Cl)cc1)c1ccc(O)cc1O. The quantitative estimate of drug-likeness (QED) is 0.598. The fraction of sp³-hybridized carbons (Fsp3) is 0.133. The van der Waals surface area contributed by atoms with Crippen molar-refractivity contribution in [1.29, 1.82) is 0 Å². The third kappa shape index (κ3) is 3.65. The first-order chi connectivity index (χ1) is 9.56. The van der Waals surface area contributed by atoms with Crippen LogP contribution in [0.1, 0.15) is 18.1 Å². The van der Waals surface area contributed by atoms with Crippen molar-refractivity contribution in [2.45, 2.75) is 13.5 Å². The minimum Gasteiger partial charge on any atom is -0.508 e. The Bertz CT molecular complexity index is 624. The van der Waals surface area contributed by atoms with Crippen LogP contribution in [0, 0.1) is 0 Å². The molecule has 0 aliphatic carbocycles. The number of nitrogens with zero attached hydrogens (tertiary/aromatic N) is 1. The Hall–Kier alpha value is -2.20. The van der Waals surface area contributed by atoms with Gasteiger partial charge in [-0.3, -0.25) is 0 Å². The number of phenolic OH excluding ortho intramolecular Hbond substituents is 2. The lowest BCUT2D eigenvalue weighted by molar-refractivity contribution is 0.450. The van der Waals surface area contributed by atoms with Gasteiger partial charge in [0.2, 0.25) is 0 Å².